The molecule has 6 heteroatoms. The average molecular weight is 373 g/mol. The van der Waals surface area contributed by atoms with E-state index in [4.69, 9.17) is 16.3 Å². The van der Waals surface area contributed by atoms with Gasteiger partial charge in [0.15, 0.2) is 0 Å². The number of rotatable bonds is 3. The molecule has 0 saturated carbocycles. The van der Waals surface area contributed by atoms with E-state index in [0.717, 1.165) is 4.47 Å². The second-order valence-electron chi connectivity index (χ2n) is 3.96. The number of hydrogen-bond acceptors (Lipinski definition) is 3. The normalized spacial score (nSPS) is 10.2. The smallest absolute Gasteiger partial charge is 0.256 e. The predicted octanol–water partition coefficient (Wildman–Crippen LogP) is 4.65. The summed E-state index contributed by atoms with van der Waals surface area (Å²) in [5, 5.41) is 3.28. The van der Waals surface area contributed by atoms with E-state index in [0.29, 0.717) is 26.9 Å². The molecule has 0 fully saturated rings. The van der Waals surface area contributed by atoms with Gasteiger partial charge < -0.3 is 10.1 Å². The van der Waals surface area contributed by atoms with Crippen LogP contribution in [0.2, 0.25) is 5.02 Å². The Morgan fingerprint density at radius 2 is 2.05 bits per heavy atom. The van der Waals surface area contributed by atoms with Crippen molar-refractivity contribution in [2.75, 3.05) is 12.4 Å². The molecule has 0 spiro atoms. The topological polar surface area (TPSA) is 38.3 Å². The van der Waals surface area contributed by atoms with Gasteiger partial charge in [-0.1, -0.05) is 27.5 Å². The lowest BCUT2D eigenvalue weighted by molar-refractivity contribution is 0.102. The quantitative estimate of drug-likeness (QED) is 0.770. The molecule has 1 N–H and O–H groups in total. The summed E-state index contributed by atoms with van der Waals surface area (Å²) in [5.41, 5.74) is 0.985. The molecule has 0 radical (unpaired) electrons. The van der Waals surface area contributed by atoms with E-state index in [1.54, 1.807) is 36.4 Å². The van der Waals surface area contributed by atoms with Gasteiger partial charge in [0.2, 0.25) is 0 Å². The molecule has 0 bridgehead atoms. The number of carbonyl (C=O) groups excluding carboxylic acids is 1. The summed E-state index contributed by atoms with van der Waals surface area (Å²) in [5.74, 6) is 0.267. The highest BCUT2D eigenvalue weighted by molar-refractivity contribution is 9.10. The first kappa shape index (κ1) is 15.2. The molecule has 0 atom stereocenters. The Kier molecular flexibility index (Phi) is 4.96. The molecule has 0 saturated heterocycles. The van der Waals surface area contributed by atoms with Gasteiger partial charge in [0.25, 0.3) is 5.91 Å². The van der Waals surface area contributed by atoms with Crippen LogP contribution in [0.25, 0.3) is 0 Å². The first-order valence-corrected chi connectivity index (χ1v) is 7.26. The zero-order valence-corrected chi connectivity index (χ0v) is 13.7. The molecule has 2 aromatic rings. The van der Waals surface area contributed by atoms with Crippen molar-refractivity contribution in [3.05, 3.63) is 51.5 Å². The van der Waals surface area contributed by atoms with Crippen LogP contribution in [0.1, 0.15) is 10.4 Å². The second-order valence-corrected chi connectivity index (χ2v) is 5.79. The summed E-state index contributed by atoms with van der Waals surface area (Å²) in [6, 6.07) is 10.3. The van der Waals surface area contributed by atoms with Gasteiger partial charge in [0, 0.05) is 14.4 Å². The van der Waals surface area contributed by atoms with Gasteiger partial charge in [-0.15, -0.1) is 12.6 Å². The van der Waals surface area contributed by atoms with Crippen molar-refractivity contribution in [1.29, 1.82) is 0 Å². The van der Waals surface area contributed by atoms with Gasteiger partial charge in [-0.25, -0.2) is 0 Å². The Morgan fingerprint density at radius 1 is 1.30 bits per heavy atom. The van der Waals surface area contributed by atoms with E-state index in [-0.39, 0.29) is 5.91 Å². The fourth-order valence-electron chi connectivity index (χ4n) is 1.66. The molecule has 3 nitrogen and oxygen atoms in total. The highest BCUT2D eigenvalue weighted by Crippen LogP contribution is 2.29. The lowest BCUT2D eigenvalue weighted by atomic mass is 10.2. The van der Waals surface area contributed by atoms with Gasteiger partial charge in [0.05, 0.1) is 18.4 Å². The highest BCUT2D eigenvalue weighted by atomic mass is 79.9. The third kappa shape index (κ3) is 3.48. The zero-order chi connectivity index (χ0) is 14.7. The van der Waals surface area contributed by atoms with E-state index >= 15 is 0 Å². The predicted molar refractivity (Wildman–Crippen MR) is 87.4 cm³/mol. The molecule has 2 aromatic carbocycles. The van der Waals surface area contributed by atoms with E-state index in [1.165, 1.54) is 7.11 Å². The summed E-state index contributed by atoms with van der Waals surface area (Å²) in [7, 11) is 1.53. The largest absolute Gasteiger partial charge is 0.495 e. The number of hydrogen-bond donors (Lipinski definition) is 2. The second kappa shape index (κ2) is 6.52. The van der Waals surface area contributed by atoms with Gasteiger partial charge in [-0.2, -0.15) is 0 Å². The van der Waals surface area contributed by atoms with Crippen molar-refractivity contribution in [2.45, 2.75) is 4.90 Å². The molecule has 0 aliphatic carbocycles. The Bertz CT molecular complexity index is 664. The Balaban J connectivity index is 2.30. The van der Waals surface area contributed by atoms with Crippen molar-refractivity contribution >= 4 is 51.8 Å². The fraction of sp³-hybridized carbons (Fsp3) is 0.0714. The average Bonchev–Trinajstić information content (AvgIpc) is 2.38. The number of benzene rings is 2. The Hall–Kier alpha value is -1.17. The summed E-state index contributed by atoms with van der Waals surface area (Å²) < 4.78 is 6.05. The van der Waals surface area contributed by atoms with Crippen LogP contribution < -0.4 is 10.1 Å². The molecular formula is C14H11BrClNO2S. The number of amides is 1. The van der Waals surface area contributed by atoms with Crippen LogP contribution >= 0.6 is 40.2 Å². The molecule has 0 aromatic heterocycles. The van der Waals surface area contributed by atoms with E-state index < -0.39 is 0 Å². The number of ether oxygens (including phenoxy) is 1. The van der Waals surface area contributed by atoms with E-state index in [1.807, 2.05) is 0 Å². The number of nitrogens with one attached hydrogen (secondary N) is 1. The summed E-state index contributed by atoms with van der Waals surface area (Å²) in [4.78, 5) is 12.8. The molecule has 0 aliphatic heterocycles. The van der Waals surface area contributed by atoms with Gasteiger partial charge in [-0.3, -0.25) is 4.79 Å². The molecule has 1 amide bonds. The van der Waals surface area contributed by atoms with Gasteiger partial charge in [-0.05, 0) is 36.4 Å². The molecule has 2 rings (SSSR count). The number of halogens is 2. The number of carbonyl (C=O) groups is 1. The van der Waals surface area contributed by atoms with Crippen LogP contribution in [0.15, 0.2) is 45.8 Å². The summed E-state index contributed by atoms with van der Waals surface area (Å²) in [6.07, 6.45) is 0. The van der Waals surface area contributed by atoms with Crippen LogP contribution in [0.3, 0.4) is 0 Å². The summed E-state index contributed by atoms with van der Waals surface area (Å²) in [6.45, 7) is 0. The number of methoxy groups -OCH3 is 1. The Morgan fingerprint density at radius 3 is 2.70 bits per heavy atom. The van der Waals surface area contributed by atoms with Gasteiger partial charge >= 0.3 is 0 Å². The Labute approximate surface area is 135 Å². The minimum Gasteiger partial charge on any atom is -0.495 e. The first-order valence-electron chi connectivity index (χ1n) is 5.64. The van der Waals surface area contributed by atoms with Crippen molar-refractivity contribution < 1.29 is 9.53 Å². The monoisotopic (exact) mass is 371 g/mol. The van der Waals surface area contributed by atoms with E-state index in [9.17, 15) is 4.79 Å². The van der Waals surface area contributed by atoms with Crippen LogP contribution in [0, 0.1) is 0 Å². The van der Waals surface area contributed by atoms with Crippen LogP contribution in [-0.4, -0.2) is 13.0 Å². The number of anilines is 1. The fourth-order valence-corrected chi connectivity index (χ4v) is 2.69. The van der Waals surface area contributed by atoms with Crippen molar-refractivity contribution in [3.63, 3.8) is 0 Å². The minimum atomic E-state index is -0.275. The molecule has 0 aliphatic rings. The van der Waals surface area contributed by atoms with Crippen LogP contribution in [-0.2, 0) is 0 Å². The summed E-state index contributed by atoms with van der Waals surface area (Å²) >= 11 is 13.5. The van der Waals surface area contributed by atoms with Crippen molar-refractivity contribution in [1.82, 2.24) is 0 Å². The molecular weight excluding hydrogens is 362 g/mol. The van der Waals surface area contributed by atoms with Gasteiger partial charge in [0.1, 0.15) is 5.75 Å². The first-order chi connectivity index (χ1) is 9.51. The highest BCUT2D eigenvalue weighted by Gasteiger charge is 2.13. The van der Waals surface area contributed by atoms with Crippen LogP contribution in [0.4, 0.5) is 5.69 Å². The van der Waals surface area contributed by atoms with Crippen molar-refractivity contribution in [2.24, 2.45) is 0 Å². The molecule has 0 unspecified atom stereocenters. The maximum atomic E-state index is 12.3. The van der Waals surface area contributed by atoms with Crippen LogP contribution in [0.5, 0.6) is 5.75 Å². The number of thiol groups is 1. The molecule has 20 heavy (non-hydrogen) atoms. The minimum absolute atomic E-state index is 0.275. The maximum Gasteiger partial charge on any atom is 0.256 e. The zero-order valence-electron chi connectivity index (χ0n) is 10.5. The third-order valence-electron chi connectivity index (χ3n) is 2.61. The lowest BCUT2D eigenvalue weighted by Gasteiger charge is -2.11. The standard InChI is InChI=1S/C14H11BrClNO2S/c1-19-12-5-3-9(16)7-11(12)17-14(18)10-4-2-8(15)6-13(10)20/h2-7,20H,1H3,(H,17,18). The molecule has 104 valence electrons. The van der Waals surface area contributed by atoms with E-state index in [2.05, 4.69) is 33.9 Å². The van der Waals surface area contributed by atoms with Crippen molar-refractivity contribution in [3.8, 4) is 5.75 Å². The lowest BCUT2D eigenvalue weighted by Crippen LogP contribution is -2.13. The third-order valence-corrected chi connectivity index (χ3v) is 3.71. The molecule has 0 heterocycles. The SMILES string of the molecule is COc1ccc(Cl)cc1NC(=O)c1ccc(Br)cc1S. The maximum absolute atomic E-state index is 12.3.